The lowest BCUT2D eigenvalue weighted by Crippen LogP contribution is -2.25. The van der Waals surface area contributed by atoms with E-state index in [9.17, 15) is 9.59 Å². The topological polar surface area (TPSA) is 73.2 Å². The van der Waals surface area contributed by atoms with Crippen molar-refractivity contribution in [3.05, 3.63) is 83.2 Å². The molecule has 132 valence electrons. The zero-order valence-electron chi connectivity index (χ0n) is 14.6. The molecule has 0 aliphatic carbocycles. The molecule has 3 rings (SSSR count). The standard InChI is InChI=1S/C20H19N3O3/c1-23-13-14(12-22-23)11-21-20(25)18-6-4-3-5-17(18)19(24)15-7-9-16(26-2)10-8-15/h3-10,12-13H,11H2,1-2H3,(H,21,25). The Balaban J connectivity index is 1.80. The molecule has 0 atom stereocenters. The van der Waals surface area contributed by atoms with E-state index in [1.807, 2.05) is 13.2 Å². The molecule has 3 aromatic rings. The number of hydrogen-bond acceptors (Lipinski definition) is 4. The molecular weight excluding hydrogens is 330 g/mol. The number of aryl methyl sites for hydroxylation is 1. The van der Waals surface area contributed by atoms with Crippen molar-refractivity contribution < 1.29 is 14.3 Å². The Labute approximate surface area is 151 Å². The highest BCUT2D eigenvalue weighted by Gasteiger charge is 2.18. The zero-order chi connectivity index (χ0) is 18.5. The van der Waals surface area contributed by atoms with E-state index in [2.05, 4.69) is 10.4 Å². The van der Waals surface area contributed by atoms with Gasteiger partial charge in [0, 0.05) is 36.5 Å². The second-order valence-corrected chi connectivity index (χ2v) is 5.81. The van der Waals surface area contributed by atoms with Gasteiger partial charge in [-0.1, -0.05) is 18.2 Å². The molecule has 1 aromatic heterocycles. The van der Waals surface area contributed by atoms with Gasteiger partial charge in [-0.25, -0.2) is 0 Å². The first-order valence-electron chi connectivity index (χ1n) is 8.12. The van der Waals surface area contributed by atoms with Crippen LogP contribution >= 0.6 is 0 Å². The van der Waals surface area contributed by atoms with Crippen LogP contribution in [0.1, 0.15) is 31.8 Å². The normalized spacial score (nSPS) is 10.4. The minimum Gasteiger partial charge on any atom is -0.497 e. The molecule has 0 saturated heterocycles. The molecule has 0 aliphatic heterocycles. The third-order valence-corrected chi connectivity index (χ3v) is 3.98. The van der Waals surface area contributed by atoms with Crippen molar-refractivity contribution in [1.82, 2.24) is 15.1 Å². The van der Waals surface area contributed by atoms with Crippen LogP contribution in [0.4, 0.5) is 0 Å². The van der Waals surface area contributed by atoms with Crippen molar-refractivity contribution >= 4 is 11.7 Å². The van der Waals surface area contributed by atoms with Gasteiger partial charge in [0.1, 0.15) is 5.75 Å². The average Bonchev–Trinajstić information content (AvgIpc) is 3.11. The van der Waals surface area contributed by atoms with E-state index >= 15 is 0 Å². The second-order valence-electron chi connectivity index (χ2n) is 5.81. The number of rotatable bonds is 6. The van der Waals surface area contributed by atoms with Gasteiger partial charge in [0.2, 0.25) is 0 Å². The fraction of sp³-hybridized carbons (Fsp3) is 0.150. The Kier molecular flexibility index (Phi) is 5.12. The minimum absolute atomic E-state index is 0.209. The minimum atomic E-state index is -0.300. The van der Waals surface area contributed by atoms with Gasteiger partial charge in [0.25, 0.3) is 5.91 Å². The quantitative estimate of drug-likeness (QED) is 0.694. The van der Waals surface area contributed by atoms with Crippen molar-refractivity contribution in [3.8, 4) is 5.75 Å². The fourth-order valence-electron chi connectivity index (χ4n) is 2.62. The number of nitrogens with zero attached hydrogens (tertiary/aromatic N) is 2. The number of ketones is 1. The lowest BCUT2D eigenvalue weighted by molar-refractivity contribution is 0.0939. The highest BCUT2D eigenvalue weighted by atomic mass is 16.5. The number of amides is 1. The van der Waals surface area contributed by atoms with E-state index < -0.39 is 0 Å². The first-order chi connectivity index (χ1) is 12.6. The predicted octanol–water partition coefficient (Wildman–Crippen LogP) is 2.59. The summed E-state index contributed by atoms with van der Waals surface area (Å²) in [6.07, 6.45) is 3.52. The molecular formula is C20H19N3O3. The number of carbonyl (C=O) groups excluding carboxylic acids is 2. The summed E-state index contributed by atoms with van der Waals surface area (Å²) in [6, 6.07) is 13.6. The molecule has 1 N–H and O–H groups in total. The van der Waals surface area contributed by atoms with E-state index in [4.69, 9.17) is 4.74 Å². The monoisotopic (exact) mass is 349 g/mol. The van der Waals surface area contributed by atoms with Crippen LogP contribution in [0.3, 0.4) is 0 Å². The van der Waals surface area contributed by atoms with Gasteiger partial charge >= 0.3 is 0 Å². The van der Waals surface area contributed by atoms with E-state index in [1.165, 1.54) is 0 Å². The van der Waals surface area contributed by atoms with Crippen LogP contribution in [0, 0.1) is 0 Å². The summed E-state index contributed by atoms with van der Waals surface area (Å²) in [7, 11) is 3.38. The zero-order valence-corrected chi connectivity index (χ0v) is 14.6. The van der Waals surface area contributed by atoms with Crippen LogP contribution < -0.4 is 10.1 Å². The van der Waals surface area contributed by atoms with Gasteiger partial charge in [-0.2, -0.15) is 5.10 Å². The van der Waals surface area contributed by atoms with Crippen molar-refractivity contribution in [2.75, 3.05) is 7.11 Å². The highest BCUT2D eigenvalue weighted by Crippen LogP contribution is 2.18. The Morgan fingerprint density at radius 3 is 2.38 bits per heavy atom. The summed E-state index contributed by atoms with van der Waals surface area (Å²) in [5.41, 5.74) is 2.09. The molecule has 0 unspecified atom stereocenters. The smallest absolute Gasteiger partial charge is 0.252 e. The number of benzene rings is 2. The molecule has 0 radical (unpaired) electrons. The van der Waals surface area contributed by atoms with Crippen LogP contribution in [-0.4, -0.2) is 28.6 Å². The summed E-state index contributed by atoms with van der Waals surface area (Å²) in [4.78, 5) is 25.4. The third-order valence-electron chi connectivity index (χ3n) is 3.98. The lowest BCUT2D eigenvalue weighted by Gasteiger charge is -2.09. The van der Waals surface area contributed by atoms with Crippen LogP contribution in [0.15, 0.2) is 60.9 Å². The van der Waals surface area contributed by atoms with Gasteiger partial charge in [0.15, 0.2) is 5.78 Å². The number of hydrogen-bond donors (Lipinski definition) is 1. The van der Waals surface area contributed by atoms with Crippen LogP contribution in [0.2, 0.25) is 0 Å². The maximum absolute atomic E-state index is 12.8. The number of methoxy groups -OCH3 is 1. The van der Waals surface area contributed by atoms with E-state index in [1.54, 1.807) is 66.5 Å². The molecule has 1 amide bonds. The Hall–Kier alpha value is -3.41. The first kappa shape index (κ1) is 17.4. The molecule has 0 spiro atoms. The predicted molar refractivity (Wildman–Crippen MR) is 97.2 cm³/mol. The molecule has 2 aromatic carbocycles. The molecule has 6 heteroatoms. The summed E-state index contributed by atoms with van der Waals surface area (Å²) >= 11 is 0. The fourth-order valence-corrected chi connectivity index (χ4v) is 2.62. The molecule has 0 aliphatic rings. The summed E-state index contributed by atoms with van der Waals surface area (Å²) < 4.78 is 6.78. The number of nitrogens with one attached hydrogen (secondary N) is 1. The number of ether oxygens (including phenoxy) is 1. The summed E-state index contributed by atoms with van der Waals surface area (Å²) in [5.74, 6) is 0.162. The summed E-state index contributed by atoms with van der Waals surface area (Å²) in [5, 5.41) is 6.90. The molecule has 0 saturated carbocycles. The van der Waals surface area contributed by atoms with Gasteiger partial charge in [-0.15, -0.1) is 0 Å². The molecule has 0 fully saturated rings. The number of carbonyl (C=O) groups is 2. The lowest BCUT2D eigenvalue weighted by atomic mass is 9.98. The molecule has 26 heavy (non-hydrogen) atoms. The molecule has 1 heterocycles. The van der Waals surface area contributed by atoms with Gasteiger partial charge in [0.05, 0.1) is 18.9 Å². The largest absolute Gasteiger partial charge is 0.497 e. The van der Waals surface area contributed by atoms with Crippen molar-refractivity contribution in [2.45, 2.75) is 6.54 Å². The first-order valence-corrected chi connectivity index (χ1v) is 8.12. The SMILES string of the molecule is COc1ccc(C(=O)c2ccccc2C(=O)NCc2cnn(C)c2)cc1. The second kappa shape index (κ2) is 7.65. The molecule has 6 nitrogen and oxygen atoms in total. The maximum atomic E-state index is 12.8. The highest BCUT2D eigenvalue weighted by molar-refractivity contribution is 6.15. The maximum Gasteiger partial charge on any atom is 0.252 e. The van der Waals surface area contributed by atoms with E-state index in [-0.39, 0.29) is 11.7 Å². The Bertz CT molecular complexity index is 929. The van der Waals surface area contributed by atoms with Crippen LogP contribution in [0.25, 0.3) is 0 Å². The van der Waals surface area contributed by atoms with E-state index in [0.717, 1.165) is 5.56 Å². The third kappa shape index (κ3) is 3.80. The average molecular weight is 349 g/mol. The molecule has 0 bridgehead atoms. The Morgan fingerprint density at radius 2 is 1.77 bits per heavy atom. The van der Waals surface area contributed by atoms with E-state index in [0.29, 0.717) is 29.0 Å². The van der Waals surface area contributed by atoms with Crippen molar-refractivity contribution in [2.24, 2.45) is 7.05 Å². The van der Waals surface area contributed by atoms with Crippen molar-refractivity contribution in [3.63, 3.8) is 0 Å². The van der Waals surface area contributed by atoms with Crippen LogP contribution in [0.5, 0.6) is 5.75 Å². The Morgan fingerprint density at radius 1 is 1.08 bits per heavy atom. The van der Waals surface area contributed by atoms with Gasteiger partial charge < -0.3 is 10.1 Å². The van der Waals surface area contributed by atoms with Crippen LogP contribution in [-0.2, 0) is 13.6 Å². The number of aromatic nitrogens is 2. The van der Waals surface area contributed by atoms with Gasteiger partial charge in [-0.05, 0) is 30.3 Å². The van der Waals surface area contributed by atoms with Crippen molar-refractivity contribution in [1.29, 1.82) is 0 Å². The van der Waals surface area contributed by atoms with Gasteiger partial charge in [-0.3, -0.25) is 14.3 Å². The summed E-state index contributed by atoms with van der Waals surface area (Å²) in [6.45, 7) is 0.345.